The summed E-state index contributed by atoms with van der Waals surface area (Å²) in [5.41, 5.74) is 0. The molecule has 1 rings (SSSR count). The molecule has 64 valence electrons. The van der Waals surface area contributed by atoms with E-state index >= 15 is 0 Å². The molecule has 11 heavy (non-hydrogen) atoms. The third kappa shape index (κ3) is 1.35. The van der Waals surface area contributed by atoms with Crippen LogP contribution in [0.15, 0.2) is 0 Å². The molecule has 0 aromatic rings. The van der Waals surface area contributed by atoms with Crippen molar-refractivity contribution in [3.63, 3.8) is 0 Å². The number of carbonyl (C=O) groups excluding carboxylic acids is 1. The highest BCUT2D eigenvalue weighted by atomic mass is 19.2. The van der Waals surface area contributed by atoms with E-state index in [4.69, 9.17) is 0 Å². The molecule has 0 aromatic carbocycles. The average Bonchev–Trinajstić information content (AvgIpc) is 2.63. The first kappa shape index (κ1) is 8.46. The Bertz CT molecular complexity index is 171. The molecule has 0 spiro atoms. The van der Waals surface area contributed by atoms with Gasteiger partial charge in [-0.05, 0) is 6.42 Å². The molecule has 1 saturated heterocycles. The smallest absolute Gasteiger partial charge is 0.374 e. The molecular weight excluding hydrogens is 151 g/mol. The van der Waals surface area contributed by atoms with E-state index in [0.29, 0.717) is 6.42 Å². The average molecular weight is 162 g/mol. The Hall–Kier alpha value is -0.640. The van der Waals surface area contributed by atoms with E-state index < -0.39 is 17.9 Å². The van der Waals surface area contributed by atoms with Crippen LogP contribution in [-0.2, 0) is 14.3 Å². The van der Waals surface area contributed by atoms with Crippen molar-refractivity contribution in [3.8, 4) is 0 Å². The van der Waals surface area contributed by atoms with Gasteiger partial charge >= 0.3 is 11.8 Å². The van der Waals surface area contributed by atoms with Crippen LogP contribution in [0.5, 0.6) is 0 Å². The van der Waals surface area contributed by atoms with Crippen molar-refractivity contribution < 1.29 is 18.7 Å². The van der Waals surface area contributed by atoms with Crippen LogP contribution in [0.2, 0.25) is 0 Å². The van der Waals surface area contributed by atoms with E-state index in [1.807, 2.05) is 6.92 Å². The lowest BCUT2D eigenvalue weighted by Crippen LogP contribution is -2.23. The predicted molar refractivity (Wildman–Crippen MR) is 35.6 cm³/mol. The summed E-state index contributed by atoms with van der Waals surface area (Å²) in [7, 11) is 1.15. The zero-order valence-electron chi connectivity index (χ0n) is 6.59. The number of epoxide rings is 1. The highest BCUT2D eigenvalue weighted by Gasteiger charge is 2.64. The Morgan fingerprint density at radius 1 is 1.82 bits per heavy atom. The van der Waals surface area contributed by atoms with E-state index in [1.54, 1.807) is 0 Å². The summed E-state index contributed by atoms with van der Waals surface area (Å²) in [6, 6.07) is 0. The van der Waals surface area contributed by atoms with Gasteiger partial charge in [0.15, 0.2) is 0 Å². The fraction of sp³-hybridized carbons (Fsp3) is 0.857. The molecule has 0 aromatic heterocycles. The molecular formula is C7H11FO3. The molecule has 1 fully saturated rings. The Morgan fingerprint density at radius 3 is 2.91 bits per heavy atom. The molecule has 3 nitrogen and oxygen atoms in total. The number of hydrogen-bond donors (Lipinski definition) is 0. The number of halogens is 1. The van der Waals surface area contributed by atoms with Crippen LogP contribution in [0, 0.1) is 0 Å². The van der Waals surface area contributed by atoms with Gasteiger partial charge in [0.25, 0.3) is 0 Å². The fourth-order valence-electron chi connectivity index (χ4n) is 0.999. The van der Waals surface area contributed by atoms with Crippen molar-refractivity contribution in [2.24, 2.45) is 0 Å². The van der Waals surface area contributed by atoms with Crippen LogP contribution in [0.3, 0.4) is 0 Å². The van der Waals surface area contributed by atoms with Gasteiger partial charge in [-0.3, -0.25) is 0 Å². The standard InChI is InChI=1S/C7H11FO3/c1-3-4-5-7(8,11-5)6(9)10-2/h5H,3-4H2,1-2H3/t5-,7+/m0/s1. The van der Waals surface area contributed by atoms with Crippen molar-refractivity contribution in [3.05, 3.63) is 0 Å². The minimum Gasteiger partial charge on any atom is -0.465 e. The van der Waals surface area contributed by atoms with Crippen LogP contribution in [0.1, 0.15) is 19.8 Å². The molecule has 4 heteroatoms. The number of hydrogen-bond acceptors (Lipinski definition) is 3. The van der Waals surface area contributed by atoms with Gasteiger partial charge in [-0.1, -0.05) is 13.3 Å². The molecule has 0 unspecified atom stereocenters. The summed E-state index contributed by atoms with van der Waals surface area (Å²) >= 11 is 0. The highest BCUT2D eigenvalue weighted by Crippen LogP contribution is 2.41. The predicted octanol–water partition coefficient (Wildman–Crippen LogP) is 1.02. The van der Waals surface area contributed by atoms with E-state index in [-0.39, 0.29) is 0 Å². The van der Waals surface area contributed by atoms with Gasteiger partial charge in [0, 0.05) is 0 Å². The fourth-order valence-corrected chi connectivity index (χ4v) is 0.999. The highest BCUT2D eigenvalue weighted by molar-refractivity contribution is 5.81. The quantitative estimate of drug-likeness (QED) is 0.459. The summed E-state index contributed by atoms with van der Waals surface area (Å²) < 4.78 is 21.8. The van der Waals surface area contributed by atoms with Crippen molar-refractivity contribution in [1.82, 2.24) is 0 Å². The maximum Gasteiger partial charge on any atom is 0.374 e. The number of esters is 1. The lowest BCUT2D eigenvalue weighted by molar-refractivity contribution is -0.154. The molecule has 1 heterocycles. The Labute approximate surface area is 64.5 Å². The van der Waals surface area contributed by atoms with Crippen molar-refractivity contribution in [1.29, 1.82) is 0 Å². The van der Waals surface area contributed by atoms with Crippen LogP contribution in [0.25, 0.3) is 0 Å². The zero-order valence-corrected chi connectivity index (χ0v) is 6.59. The van der Waals surface area contributed by atoms with Crippen molar-refractivity contribution in [2.45, 2.75) is 31.7 Å². The van der Waals surface area contributed by atoms with Crippen LogP contribution >= 0.6 is 0 Å². The van der Waals surface area contributed by atoms with Crippen LogP contribution < -0.4 is 0 Å². The summed E-state index contributed by atoms with van der Waals surface area (Å²) in [5, 5.41) is 0. The Kier molecular flexibility index (Phi) is 2.13. The zero-order chi connectivity index (χ0) is 8.48. The molecule has 1 aliphatic heterocycles. The van der Waals surface area contributed by atoms with E-state index in [0.717, 1.165) is 13.5 Å². The second kappa shape index (κ2) is 2.77. The van der Waals surface area contributed by atoms with Gasteiger partial charge in [0.2, 0.25) is 0 Å². The van der Waals surface area contributed by atoms with Gasteiger partial charge in [0.1, 0.15) is 6.10 Å². The maximum atomic E-state index is 13.0. The molecule has 0 saturated carbocycles. The number of carbonyl (C=O) groups is 1. The molecule has 0 radical (unpaired) electrons. The largest absolute Gasteiger partial charge is 0.465 e. The maximum absolute atomic E-state index is 13.0. The number of methoxy groups -OCH3 is 1. The van der Waals surface area contributed by atoms with E-state index in [2.05, 4.69) is 9.47 Å². The lowest BCUT2D eigenvalue weighted by Gasteiger charge is -1.98. The normalized spacial score (nSPS) is 35.0. The molecule has 2 atom stereocenters. The third-order valence-corrected chi connectivity index (χ3v) is 1.69. The number of ether oxygens (including phenoxy) is 2. The van der Waals surface area contributed by atoms with Crippen molar-refractivity contribution in [2.75, 3.05) is 7.11 Å². The minimum absolute atomic E-state index is 0.561. The monoisotopic (exact) mass is 162 g/mol. The Morgan fingerprint density at radius 2 is 2.45 bits per heavy atom. The summed E-state index contributed by atoms with van der Waals surface area (Å²) in [5.74, 6) is -3.05. The first-order chi connectivity index (χ1) is 5.15. The molecule has 0 bridgehead atoms. The second-order valence-electron chi connectivity index (χ2n) is 2.53. The topological polar surface area (TPSA) is 38.8 Å². The molecule has 0 aliphatic carbocycles. The van der Waals surface area contributed by atoms with E-state index in [1.165, 1.54) is 0 Å². The van der Waals surface area contributed by atoms with Crippen LogP contribution in [0.4, 0.5) is 4.39 Å². The minimum atomic E-state index is -2.13. The summed E-state index contributed by atoms with van der Waals surface area (Å²) in [4.78, 5) is 10.7. The molecule has 1 aliphatic rings. The SMILES string of the molecule is CCC[C@@H]1O[C@@]1(F)C(=O)OC. The lowest BCUT2D eigenvalue weighted by atomic mass is 10.2. The second-order valence-corrected chi connectivity index (χ2v) is 2.53. The third-order valence-electron chi connectivity index (χ3n) is 1.69. The number of alkyl halides is 1. The van der Waals surface area contributed by atoms with Gasteiger partial charge in [-0.2, -0.15) is 4.39 Å². The molecule has 0 N–H and O–H groups in total. The number of rotatable bonds is 3. The van der Waals surface area contributed by atoms with Gasteiger partial charge in [0.05, 0.1) is 7.11 Å². The first-order valence-electron chi connectivity index (χ1n) is 3.60. The van der Waals surface area contributed by atoms with Gasteiger partial charge < -0.3 is 9.47 Å². The van der Waals surface area contributed by atoms with Gasteiger partial charge in [-0.25, -0.2) is 4.79 Å². The molecule has 0 amide bonds. The van der Waals surface area contributed by atoms with Crippen molar-refractivity contribution >= 4 is 5.97 Å². The van der Waals surface area contributed by atoms with Gasteiger partial charge in [-0.15, -0.1) is 0 Å². The summed E-state index contributed by atoms with van der Waals surface area (Å²) in [6.45, 7) is 1.90. The summed E-state index contributed by atoms with van der Waals surface area (Å²) in [6.07, 6.45) is 0.777. The first-order valence-corrected chi connectivity index (χ1v) is 3.60. The van der Waals surface area contributed by atoms with E-state index in [9.17, 15) is 9.18 Å². The Balaban J connectivity index is 2.42. The van der Waals surface area contributed by atoms with Crippen LogP contribution in [-0.4, -0.2) is 25.0 Å².